The molecule has 1 aromatic carbocycles. The molecule has 1 unspecified atom stereocenters. The van der Waals surface area contributed by atoms with Crippen LogP contribution < -0.4 is 5.32 Å². The highest BCUT2D eigenvalue weighted by Crippen LogP contribution is 2.14. The maximum atomic E-state index is 12.4. The van der Waals surface area contributed by atoms with E-state index in [4.69, 9.17) is 0 Å². The van der Waals surface area contributed by atoms with E-state index in [1.807, 2.05) is 29.1 Å². The summed E-state index contributed by atoms with van der Waals surface area (Å²) in [4.78, 5) is 0. The summed E-state index contributed by atoms with van der Waals surface area (Å²) in [6, 6.07) is 8.43. The third-order valence-corrected chi connectivity index (χ3v) is 2.63. The molecule has 0 spiro atoms. The van der Waals surface area contributed by atoms with Crippen molar-refractivity contribution in [3.8, 4) is 0 Å². The molecule has 0 radical (unpaired) electrons. The van der Waals surface area contributed by atoms with Crippen LogP contribution in [0.4, 0.5) is 14.5 Å². The highest BCUT2D eigenvalue weighted by Gasteiger charge is 2.13. The third kappa shape index (κ3) is 3.29. The molecule has 1 heterocycles. The second-order valence-electron chi connectivity index (χ2n) is 4.17. The van der Waals surface area contributed by atoms with Crippen molar-refractivity contribution in [3.63, 3.8) is 0 Å². The van der Waals surface area contributed by atoms with Gasteiger partial charge in [-0.3, -0.25) is 4.68 Å². The van der Waals surface area contributed by atoms with Gasteiger partial charge in [0.2, 0.25) is 0 Å². The topological polar surface area (TPSA) is 29.9 Å². The molecule has 1 aromatic heterocycles. The average Bonchev–Trinajstić information content (AvgIpc) is 2.84. The van der Waals surface area contributed by atoms with Gasteiger partial charge < -0.3 is 5.32 Å². The minimum absolute atomic E-state index is 0.678. The largest absolute Gasteiger partial charge is 0.377 e. The molecule has 0 aliphatic heterocycles. The van der Waals surface area contributed by atoms with Crippen LogP contribution in [-0.2, 0) is 6.54 Å². The molecule has 1 N–H and O–H groups in total. The summed E-state index contributed by atoms with van der Waals surface area (Å²) in [7, 11) is 0. The van der Waals surface area contributed by atoms with Crippen LogP contribution in [0.5, 0.6) is 0 Å². The Bertz CT molecular complexity index is 465. The van der Waals surface area contributed by atoms with Gasteiger partial charge in [-0.2, -0.15) is 5.10 Å². The fourth-order valence-electron chi connectivity index (χ4n) is 1.61. The van der Waals surface area contributed by atoms with Crippen LogP contribution in [0.2, 0.25) is 0 Å². The van der Waals surface area contributed by atoms with Gasteiger partial charge in [0.1, 0.15) is 0 Å². The maximum Gasteiger partial charge on any atom is 0.258 e. The van der Waals surface area contributed by atoms with Gasteiger partial charge in [-0.1, -0.05) is 12.1 Å². The lowest BCUT2D eigenvalue weighted by atomic mass is 10.2. The van der Waals surface area contributed by atoms with Crippen molar-refractivity contribution in [2.24, 2.45) is 0 Å². The second-order valence-corrected chi connectivity index (χ2v) is 4.17. The third-order valence-electron chi connectivity index (χ3n) is 2.63. The first-order chi connectivity index (χ1) is 8.65. The van der Waals surface area contributed by atoms with Crippen molar-refractivity contribution < 1.29 is 8.78 Å². The van der Waals surface area contributed by atoms with Crippen LogP contribution >= 0.6 is 0 Å². The van der Waals surface area contributed by atoms with Gasteiger partial charge in [-0.25, -0.2) is 8.78 Å². The van der Waals surface area contributed by atoms with Gasteiger partial charge in [-0.05, 0) is 30.7 Å². The molecule has 2 rings (SSSR count). The molecule has 18 heavy (non-hydrogen) atoms. The number of hydrogen-bond donors (Lipinski definition) is 1. The monoisotopic (exact) mass is 251 g/mol. The number of rotatable bonds is 5. The van der Waals surface area contributed by atoms with E-state index in [1.165, 1.54) is 6.92 Å². The van der Waals surface area contributed by atoms with E-state index in [1.54, 1.807) is 18.3 Å². The van der Waals surface area contributed by atoms with Gasteiger partial charge in [-0.15, -0.1) is 0 Å². The van der Waals surface area contributed by atoms with Crippen molar-refractivity contribution in [2.45, 2.75) is 25.9 Å². The summed E-state index contributed by atoms with van der Waals surface area (Å²) < 4.78 is 26.6. The zero-order chi connectivity index (χ0) is 13.0. The quantitative estimate of drug-likeness (QED) is 0.885. The van der Waals surface area contributed by atoms with Crippen molar-refractivity contribution >= 4 is 5.69 Å². The SMILES string of the molecule is CC(Nc1ccc(Cn2cccn2)cc1)C(F)F. The van der Waals surface area contributed by atoms with Gasteiger partial charge in [0, 0.05) is 18.1 Å². The normalized spacial score (nSPS) is 12.7. The molecule has 3 nitrogen and oxygen atoms in total. The maximum absolute atomic E-state index is 12.4. The van der Waals surface area contributed by atoms with E-state index < -0.39 is 12.5 Å². The van der Waals surface area contributed by atoms with Crippen LogP contribution in [0.15, 0.2) is 42.7 Å². The molecular formula is C13H15F2N3. The number of halogens is 2. The van der Waals surface area contributed by atoms with E-state index >= 15 is 0 Å². The summed E-state index contributed by atoms with van der Waals surface area (Å²) in [5.41, 5.74) is 1.78. The van der Waals surface area contributed by atoms with Crippen LogP contribution in [0.3, 0.4) is 0 Å². The van der Waals surface area contributed by atoms with E-state index in [0.29, 0.717) is 12.2 Å². The Balaban J connectivity index is 1.97. The van der Waals surface area contributed by atoms with E-state index in [0.717, 1.165) is 5.56 Å². The van der Waals surface area contributed by atoms with Gasteiger partial charge in [0.15, 0.2) is 0 Å². The Kier molecular flexibility index (Phi) is 3.92. The molecule has 0 amide bonds. The molecule has 2 aromatic rings. The summed E-state index contributed by atoms with van der Waals surface area (Å²) >= 11 is 0. The number of nitrogens with one attached hydrogen (secondary N) is 1. The molecular weight excluding hydrogens is 236 g/mol. The Morgan fingerprint density at radius 1 is 1.28 bits per heavy atom. The van der Waals surface area contributed by atoms with Crippen LogP contribution in [0, 0.1) is 0 Å². The molecule has 0 aliphatic rings. The number of hydrogen-bond acceptors (Lipinski definition) is 2. The minimum Gasteiger partial charge on any atom is -0.377 e. The number of benzene rings is 1. The molecule has 5 heteroatoms. The predicted molar refractivity (Wildman–Crippen MR) is 66.9 cm³/mol. The molecule has 0 fully saturated rings. The van der Waals surface area contributed by atoms with Crippen LogP contribution in [0.1, 0.15) is 12.5 Å². The molecule has 0 bridgehead atoms. The first kappa shape index (κ1) is 12.5. The highest BCUT2D eigenvalue weighted by atomic mass is 19.3. The first-order valence-electron chi connectivity index (χ1n) is 5.76. The summed E-state index contributed by atoms with van der Waals surface area (Å²) in [6.45, 7) is 2.14. The lowest BCUT2D eigenvalue weighted by Gasteiger charge is -2.14. The van der Waals surface area contributed by atoms with Crippen molar-refractivity contribution in [1.82, 2.24) is 9.78 Å². The van der Waals surface area contributed by atoms with Crippen LogP contribution in [0.25, 0.3) is 0 Å². The fourth-order valence-corrected chi connectivity index (χ4v) is 1.61. The van der Waals surface area contributed by atoms with Gasteiger partial charge in [0.05, 0.1) is 12.6 Å². The number of alkyl halides is 2. The Morgan fingerprint density at radius 3 is 2.56 bits per heavy atom. The first-order valence-corrected chi connectivity index (χ1v) is 5.76. The average molecular weight is 251 g/mol. The van der Waals surface area contributed by atoms with Crippen LogP contribution in [-0.4, -0.2) is 22.2 Å². The standard InChI is InChI=1S/C13H15F2N3/c1-10(13(14)15)17-12-5-3-11(4-6-12)9-18-8-2-7-16-18/h2-8,10,13,17H,9H2,1H3. The second kappa shape index (κ2) is 5.62. The van der Waals surface area contributed by atoms with E-state index in [9.17, 15) is 8.78 Å². The van der Waals surface area contributed by atoms with Crippen molar-refractivity contribution in [1.29, 1.82) is 0 Å². The predicted octanol–water partition coefficient (Wildman–Crippen LogP) is 3.00. The molecule has 0 saturated heterocycles. The fraction of sp³-hybridized carbons (Fsp3) is 0.308. The summed E-state index contributed by atoms with van der Waals surface area (Å²) in [5.74, 6) is 0. The van der Waals surface area contributed by atoms with Gasteiger partial charge >= 0.3 is 0 Å². The summed E-state index contributed by atoms with van der Waals surface area (Å²) in [6.07, 6.45) is 1.24. The lowest BCUT2D eigenvalue weighted by molar-refractivity contribution is 0.131. The number of anilines is 1. The Morgan fingerprint density at radius 2 is 2.00 bits per heavy atom. The summed E-state index contributed by atoms with van der Waals surface area (Å²) in [5, 5.41) is 6.86. The molecule has 96 valence electrons. The van der Waals surface area contributed by atoms with Crippen molar-refractivity contribution in [3.05, 3.63) is 48.3 Å². The highest BCUT2D eigenvalue weighted by molar-refractivity contribution is 5.45. The molecule has 0 saturated carbocycles. The van der Waals surface area contributed by atoms with E-state index in [-0.39, 0.29) is 0 Å². The molecule has 1 atom stereocenters. The zero-order valence-corrected chi connectivity index (χ0v) is 10.1. The zero-order valence-electron chi connectivity index (χ0n) is 10.1. The lowest BCUT2D eigenvalue weighted by Crippen LogP contribution is -2.23. The molecule has 0 aliphatic carbocycles. The van der Waals surface area contributed by atoms with E-state index in [2.05, 4.69) is 10.4 Å². The number of aromatic nitrogens is 2. The van der Waals surface area contributed by atoms with Crippen molar-refractivity contribution in [2.75, 3.05) is 5.32 Å². The smallest absolute Gasteiger partial charge is 0.258 e. The number of nitrogens with zero attached hydrogens (tertiary/aromatic N) is 2. The van der Waals surface area contributed by atoms with Gasteiger partial charge in [0.25, 0.3) is 6.43 Å². The minimum atomic E-state index is -2.37. The Hall–Kier alpha value is -1.91. The Labute approximate surface area is 104 Å².